The second-order valence-electron chi connectivity index (χ2n) is 5.43. The summed E-state index contributed by atoms with van der Waals surface area (Å²) in [5.74, 6) is 0.485. The molecule has 1 aliphatic heterocycles. The Hall–Kier alpha value is -2.48. The van der Waals surface area contributed by atoms with E-state index in [0.29, 0.717) is 27.9 Å². The first-order chi connectivity index (χ1) is 12.4. The zero-order valence-electron chi connectivity index (χ0n) is 15.4. The van der Waals surface area contributed by atoms with Crippen molar-refractivity contribution in [3.05, 3.63) is 35.0 Å². The van der Waals surface area contributed by atoms with Crippen LogP contribution in [0.3, 0.4) is 0 Å². The predicted molar refractivity (Wildman–Crippen MR) is 100 cm³/mol. The Morgan fingerprint density at radius 3 is 2.50 bits per heavy atom. The number of thioether (sulfide) groups is 1. The number of nitrogens with one attached hydrogen (secondary N) is 1. The Balaban J connectivity index is 2.51. The van der Waals surface area contributed by atoms with Crippen molar-refractivity contribution in [1.82, 2.24) is 5.32 Å². The van der Waals surface area contributed by atoms with E-state index in [0.717, 1.165) is 5.56 Å². The SMILES string of the molecule is CCOC(=O)C1=C(C)N=C(NC(C)=O)SC1c1ccc(OC)c(OC)c1. The van der Waals surface area contributed by atoms with Crippen LogP contribution < -0.4 is 14.8 Å². The van der Waals surface area contributed by atoms with Gasteiger partial charge in [-0.3, -0.25) is 4.79 Å². The lowest BCUT2D eigenvalue weighted by molar-refractivity contribution is -0.138. The number of ether oxygens (including phenoxy) is 3. The van der Waals surface area contributed by atoms with Crippen molar-refractivity contribution in [2.45, 2.75) is 26.0 Å². The monoisotopic (exact) mass is 378 g/mol. The van der Waals surface area contributed by atoms with Crippen molar-refractivity contribution in [2.24, 2.45) is 4.99 Å². The van der Waals surface area contributed by atoms with Gasteiger partial charge in [-0.15, -0.1) is 0 Å². The maximum atomic E-state index is 12.5. The number of nitrogens with zero attached hydrogens (tertiary/aromatic N) is 1. The molecular weight excluding hydrogens is 356 g/mol. The molecule has 0 radical (unpaired) electrons. The van der Waals surface area contributed by atoms with Crippen molar-refractivity contribution in [1.29, 1.82) is 0 Å². The van der Waals surface area contributed by atoms with Crippen LogP contribution in [0.1, 0.15) is 31.6 Å². The summed E-state index contributed by atoms with van der Waals surface area (Å²) < 4.78 is 15.8. The molecule has 1 aromatic carbocycles. The van der Waals surface area contributed by atoms with Gasteiger partial charge in [-0.25, -0.2) is 9.79 Å². The van der Waals surface area contributed by atoms with Crippen LogP contribution in [0.2, 0.25) is 0 Å². The zero-order valence-corrected chi connectivity index (χ0v) is 16.2. The third-order valence-corrected chi connectivity index (χ3v) is 4.80. The van der Waals surface area contributed by atoms with Gasteiger partial charge in [-0.1, -0.05) is 17.8 Å². The Morgan fingerprint density at radius 2 is 1.92 bits per heavy atom. The quantitative estimate of drug-likeness (QED) is 0.793. The fourth-order valence-corrected chi connectivity index (χ4v) is 3.80. The van der Waals surface area contributed by atoms with Crippen molar-refractivity contribution in [2.75, 3.05) is 20.8 Å². The van der Waals surface area contributed by atoms with Gasteiger partial charge in [0, 0.05) is 6.92 Å². The Bertz CT molecular complexity index is 773. The number of aliphatic imine (C=N–C) groups is 1. The van der Waals surface area contributed by atoms with E-state index in [1.807, 2.05) is 6.07 Å². The van der Waals surface area contributed by atoms with Gasteiger partial charge in [0.2, 0.25) is 5.91 Å². The van der Waals surface area contributed by atoms with Crippen molar-refractivity contribution in [3.63, 3.8) is 0 Å². The molecule has 8 heteroatoms. The fourth-order valence-electron chi connectivity index (χ4n) is 2.52. The first-order valence-corrected chi connectivity index (χ1v) is 8.91. The molecule has 0 spiro atoms. The van der Waals surface area contributed by atoms with Crippen LogP contribution in [0.4, 0.5) is 0 Å². The largest absolute Gasteiger partial charge is 0.493 e. The van der Waals surface area contributed by atoms with E-state index in [4.69, 9.17) is 14.2 Å². The average molecular weight is 378 g/mol. The van der Waals surface area contributed by atoms with Crippen LogP contribution in [0.15, 0.2) is 34.5 Å². The molecule has 0 aliphatic carbocycles. The van der Waals surface area contributed by atoms with E-state index in [2.05, 4.69) is 10.3 Å². The molecule has 1 unspecified atom stereocenters. The summed E-state index contributed by atoms with van der Waals surface area (Å²) in [5.41, 5.74) is 1.76. The average Bonchev–Trinajstić information content (AvgIpc) is 2.60. The molecule has 26 heavy (non-hydrogen) atoms. The number of hydrogen-bond acceptors (Lipinski definition) is 7. The van der Waals surface area contributed by atoms with Gasteiger partial charge in [-0.05, 0) is 31.5 Å². The molecular formula is C18H22N2O5S. The van der Waals surface area contributed by atoms with Crippen molar-refractivity contribution < 1.29 is 23.8 Å². The van der Waals surface area contributed by atoms with Gasteiger partial charge in [0.15, 0.2) is 16.7 Å². The number of esters is 1. The minimum absolute atomic E-state index is 0.227. The smallest absolute Gasteiger partial charge is 0.337 e. The number of allylic oxidation sites excluding steroid dienone is 1. The van der Waals surface area contributed by atoms with E-state index in [9.17, 15) is 9.59 Å². The highest BCUT2D eigenvalue weighted by Crippen LogP contribution is 2.44. The second kappa shape index (κ2) is 8.75. The first kappa shape index (κ1) is 19.8. The number of amidine groups is 1. The third kappa shape index (κ3) is 4.37. The highest BCUT2D eigenvalue weighted by Gasteiger charge is 2.32. The van der Waals surface area contributed by atoms with Crippen LogP contribution in [0.25, 0.3) is 0 Å². The van der Waals surface area contributed by atoms with Crippen molar-refractivity contribution in [3.8, 4) is 11.5 Å². The molecule has 1 atom stereocenters. The van der Waals surface area contributed by atoms with Crippen LogP contribution in [0.5, 0.6) is 11.5 Å². The molecule has 1 N–H and O–H groups in total. The number of carbonyl (C=O) groups excluding carboxylic acids is 2. The third-order valence-electron chi connectivity index (χ3n) is 3.64. The molecule has 1 amide bonds. The predicted octanol–water partition coefficient (Wildman–Crippen LogP) is 2.82. The van der Waals surface area contributed by atoms with Gasteiger partial charge in [-0.2, -0.15) is 0 Å². The first-order valence-electron chi connectivity index (χ1n) is 8.04. The Morgan fingerprint density at radius 1 is 1.23 bits per heavy atom. The maximum Gasteiger partial charge on any atom is 0.337 e. The zero-order chi connectivity index (χ0) is 19.3. The molecule has 2 rings (SSSR count). The van der Waals surface area contributed by atoms with Crippen LogP contribution >= 0.6 is 11.8 Å². The van der Waals surface area contributed by atoms with E-state index in [1.54, 1.807) is 40.2 Å². The molecule has 0 saturated heterocycles. The number of amides is 1. The number of methoxy groups -OCH3 is 2. The van der Waals surface area contributed by atoms with Gasteiger partial charge >= 0.3 is 5.97 Å². The normalized spacial score (nSPS) is 16.7. The molecule has 0 saturated carbocycles. The molecule has 1 heterocycles. The fraction of sp³-hybridized carbons (Fsp3) is 0.389. The summed E-state index contributed by atoms with van der Waals surface area (Å²) >= 11 is 1.27. The summed E-state index contributed by atoms with van der Waals surface area (Å²) in [6.45, 7) is 5.15. The minimum Gasteiger partial charge on any atom is -0.493 e. The van der Waals surface area contributed by atoms with E-state index in [-0.39, 0.29) is 12.5 Å². The second-order valence-corrected chi connectivity index (χ2v) is 6.52. The highest BCUT2D eigenvalue weighted by atomic mass is 32.2. The van der Waals surface area contributed by atoms with Crippen LogP contribution in [-0.2, 0) is 14.3 Å². The van der Waals surface area contributed by atoms with Gasteiger partial charge in [0.05, 0.1) is 37.3 Å². The summed E-state index contributed by atoms with van der Waals surface area (Å²) in [6, 6.07) is 5.43. The van der Waals surface area contributed by atoms with Gasteiger partial charge in [0.1, 0.15) is 0 Å². The Kier molecular flexibility index (Phi) is 6.68. The highest BCUT2D eigenvalue weighted by molar-refractivity contribution is 8.14. The lowest BCUT2D eigenvalue weighted by Gasteiger charge is -2.25. The number of rotatable bonds is 5. The summed E-state index contributed by atoms with van der Waals surface area (Å²) in [7, 11) is 3.11. The van der Waals surface area contributed by atoms with Crippen molar-refractivity contribution >= 4 is 28.8 Å². The van der Waals surface area contributed by atoms with E-state index >= 15 is 0 Å². The maximum absolute atomic E-state index is 12.5. The Labute approximate surface area is 156 Å². The summed E-state index contributed by atoms with van der Waals surface area (Å²) in [5, 5.41) is 2.72. The lowest BCUT2D eigenvalue weighted by atomic mass is 10.0. The molecule has 0 aromatic heterocycles. The van der Waals surface area contributed by atoms with E-state index < -0.39 is 11.2 Å². The van der Waals surface area contributed by atoms with Crippen LogP contribution in [0, 0.1) is 0 Å². The molecule has 1 aliphatic rings. The van der Waals surface area contributed by atoms with Crippen LogP contribution in [-0.4, -0.2) is 37.9 Å². The molecule has 140 valence electrons. The molecule has 7 nitrogen and oxygen atoms in total. The topological polar surface area (TPSA) is 86.2 Å². The van der Waals surface area contributed by atoms with E-state index in [1.165, 1.54) is 18.7 Å². The minimum atomic E-state index is -0.428. The number of benzene rings is 1. The lowest BCUT2D eigenvalue weighted by Crippen LogP contribution is -2.30. The number of hydrogen-bond donors (Lipinski definition) is 1. The number of carbonyl (C=O) groups is 2. The standard InChI is InChI=1S/C18H22N2O5S/c1-6-25-17(22)15-10(2)19-18(20-11(3)21)26-16(15)12-7-8-13(23-4)14(9-12)24-5/h7-9,16H,6H2,1-5H3,(H,19,20,21). The summed E-state index contributed by atoms with van der Waals surface area (Å²) in [4.78, 5) is 28.2. The summed E-state index contributed by atoms with van der Waals surface area (Å²) in [6.07, 6.45) is 0. The molecule has 0 fully saturated rings. The molecule has 1 aromatic rings. The van der Waals surface area contributed by atoms with Gasteiger partial charge < -0.3 is 19.5 Å². The molecule has 0 bridgehead atoms. The van der Waals surface area contributed by atoms with Gasteiger partial charge in [0.25, 0.3) is 0 Å².